The van der Waals surface area contributed by atoms with Crippen molar-refractivity contribution in [2.24, 2.45) is 0 Å². The monoisotopic (exact) mass is 334 g/mol. The maximum Gasteiger partial charge on any atom is 0.340 e. The third-order valence-electron chi connectivity index (χ3n) is 4.33. The zero-order chi connectivity index (χ0) is 16.9. The van der Waals surface area contributed by atoms with E-state index in [-0.39, 0.29) is 16.5 Å². The van der Waals surface area contributed by atoms with Crippen molar-refractivity contribution in [3.8, 4) is 6.07 Å². The van der Waals surface area contributed by atoms with Crippen LogP contribution >= 0.6 is 11.6 Å². The van der Waals surface area contributed by atoms with Gasteiger partial charge >= 0.3 is 5.97 Å². The lowest BCUT2D eigenvalue weighted by molar-refractivity contribution is -0.138. The number of esters is 1. The molecular formula is C17H19ClN2O3. The topological polar surface area (TPSA) is 70.4 Å². The van der Waals surface area contributed by atoms with Crippen LogP contribution in [-0.4, -0.2) is 36.0 Å². The summed E-state index contributed by atoms with van der Waals surface area (Å²) >= 11 is 5.92. The van der Waals surface area contributed by atoms with Crippen LogP contribution in [-0.2, 0) is 9.53 Å². The van der Waals surface area contributed by atoms with Gasteiger partial charge in [-0.25, -0.2) is 4.79 Å². The Morgan fingerprint density at radius 1 is 1.30 bits per heavy atom. The van der Waals surface area contributed by atoms with Gasteiger partial charge in [0.05, 0.1) is 16.7 Å². The summed E-state index contributed by atoms with van der Waals surface area (Å²) in [7, 11) is 1.60. The smallest absolute Gasteiger partial charge is 0.340 e. The van der Waals surface area contributed by atoms with Gasteiger partial charge in [0, 0.05) is 7.05 Å². The van der Waals surface area contributed by atoms with Crippen molar-refractivity contribution in [1.82, 2.24) is 4.90 Å². The summed E-state index contributed by atoms with van der Waals surface area (Å²) < 4.78 is 5.05. The average Bonchev–Trinajstić information content (AvgIpc) is 2.59. The largest absolute Gasteiger partial charge is 0.452 e. The summed E-state index contributed by atoms with van der Waals surface area (Å²) in [6, 6.07) is 8.77. The van der Waals surface area contributed by atoms with Crippen molar-refractivity contribution in [2.75, 3.05) is 13.7 Å². The fourth-order valence-electron chi connectivity index (χ4n) is 2.83. The molecule has 1 aliphatic carbocycles. The highest BCUT2D eigenvalue weighted by Gasteiger charge is 2.39. The summed E-state index contributed by atoms with van der Waals surface area (Å²) in [6.45, 7) is -0.399. The number of benzene rings is 1. The fourth-order valence-corrected chi connectivity index (χ4v) is 3.04. The average molecular weight is 335 g/mol. The molecule has 0 saturated heterocycles. The van der Waals surface area contributed by atoms with Crippen LogP contribution in [0.3, 0.4) is 0 Å². The number of hydrogen-bond donors (Lipinski definition) is 0. The second-order valence-corrected chi connectivity index (χ2v) is 6.12. The zero-order valence-corrected chi connectivity index (χ0v) is 13.8. The lowest BCUT2D eigenvalue weighted by Gasteiger charge is -2.38. The Bertz CT molecular complexity index is 633. The number of nitrogens with zero attached hydrogens (tertiary/aromatic N) is 2. The highest BCUT2D eigenvalue weighted by Crippen LogP contribution is 2.32. The van der Waals surface area contributed by atoms with E-state index in [0.29, 0.717) is 12.8 Å². The number of halogens is 1. The quantitative estimate of drug-likeness (QED) is 0.793. The van der Waals surface area contributed by atoms with E-state index in [0.717, 1.165) is 19.3 Å². The molecule has 0 aliphatic heterocycles. The molecule has 122 valence electrons. The van der Waals surface area contributed by atoms with Crippen molar-refractivity contribution < 1.29 is 14.3 Å². The minimum atomic E-state index is -0.786. The highest BCUT2D eigenvalue weighted by molar-refractivity contribution is 6.33. The fraction of sp³-hybridized carbons (Fsp3) is 0.471. The summed E-state index contributed by atoms with van der Waals surface area (Å²) in [5.74, 6) is -1.03. The van der Waals surface area contributed by atoms with E-state index in [1.807, 2.05) is 0 Å². The molecule has 0 unspecified atom stereocenters. The Morgan fingerprint density at radius 2 is 1.96 bits per heavy atom. The second kappa shape index (κ2) is 7.47. The molecule has 0 bridgehead atoms. The van der Waals surface area contributed by atoms with Gasteiger partial charge in [-0.05, 0) is 25.0 Å². The molecule has 0 N–H and O–H groups in total. The van der Waals surface area contributed by atoms with Crippen LogP contribution in [0.4, 0.5) is 0 Å². The first kappa shape index (κ1) is 17.3. The molecule has 1 aromatic rings. The van der Waals surface area contributed by atoms with Crippen LogP contribution in [0.5, 0.6) is 0 Å². The van der Waals surface area contributed by atoms with Gasteiger partial charge in [-0.1, -0.05) is 43.0 Å². The molecule has 0 radical (unpaired) electrons. The summed E-state index contributed by atoms with van der Waals surface area (Å²) in [5.41, 5.74) is -0.566. The lowest BCUT2D eigenvalue weighted by atomic mass is 9.81. The van der Waals surface area contributed by atoms with Gasteiger partial charge in [-0.2, -0.15) is 5.26 Å². The van der Waals surface area contributed by atoms with Crippen molar-refractivity contribution >= 4 is 23.5 Å². The van der Waals surface area contributed by atoms with Gasteiger partial charge in [-0.3, -0.25) is 4.79 Å². The number of amides is 1. The molecule has 0 heterocycles. The molecule has 1 aliphatic rings. The standard InChI is InChI=1S/C17H19ClN2O3/c1-20(17(12-19)9-5-2-6-10-17)15(21)11-23-16(22)13-7-3-4-8-14(13)18/h3-4,7-8H,2,5-6,9-11H2,1H3. The minimum Gasteiger partial charge on any atom is -0.452 e. The molecule has 23 heavy (non-hydrogen) atoms. The Kier molecular flexibility index (Phi) is 5.62. The van der Waals surface area contributed by atoms with Crippen LogP contribution in [0, 0.1) is 11.3 Å². The first-order valence-corrected chi connectivity index (χ1v) is 7.97. The van der Waals surface area contributed by atoms with Gasteiger partial charge in [0.1, 0.15) is 5.54 Å². The van der Waals surface area contributed by atoms with E-state index >= 15 is 0 Å². The molecular weight excluding hydrogens is 316 g/mol. The Morgan fingerprint density at radius 3 is 2.57 bits per heavy atom. The third kappa shape index (κ3) is 3.83. The van der Waals surface area contributed by atoms with E-state index in [1.165, 1.54) is 11.0 Å². The van der Waals surface area contributed by atoms with Crippen LogP contribution < -0.4 is 0 Å². The number of likely N-dealkylation sites (N-methyl/N-ethyl adjacent to an activating group) is 1. The minimum absolute atomic E-state index is 0.220. The second-order valence-electron chi connectivity index (χ2n) is 5.71. The van der Waals surface area contributed by atoms with Crippen molar-refractivity contribution in [2.45, 2.75) is 37.6 Å². The number of hydrogen-bond acceptors (Lipinski definition) is 4. The number of nitriles is 1. The summed E-state index contributed by atoms with van der Waals surface area (Å²) in [5, 5.41) is 9.76. The molecule has 0 atom stereocenters. The summed E-state index contributed by atoms with van der Waals surface area (Å²) in [4.78, 5) is 25.7. The maximum absolute atomic E-state index is 12.3. The molecule has 1 fully saturated rings. The molecule has 6 heteroatoms. The van der Waals surface area contributed by atoms with Crippen molar-refractivity contribution in [1.29, 1.82) is 5.26 Å². The van der Waals surface area contributed by atoms with E-state index in [2.05, 4.69) is 6.07 Å². The lowest BCUT2D eigenvalue weighted by Crippen LogP contribution is -2.51. The Labute approximate surface area is 140 Å². The van der Waals surface area contributed by atoms with E-state index in [1.54, 1.807) is 25.2 Å². The van der Waals surface area contributed by atoms with Crippen LogP contribution in [0.2, 0.25) is 5.02 Å². The normalized spacial score (nSPS) is 16.2. The third-order valence-corrected chi connectivity index (χ3v) is 4.66. The highest BCUT2D eigenvalue weighted by atomic mass is 35.5. The van der Waals surface area contributed by atoms with E-state index in [4.69, 9.17) is 16.3 Å². The molecule has 0 aromatic heterocycles. The van der Waals surface area contributed by atoms with Crippen LogP contribution in [0.25, 0.3) is 0 Å². The molecule has 1 saturated carbocycles. The predicted molar refractivity (Wildman–Crippen MR) is 85.9 cm³/mol. The number of carbonyl (C=O) groups excluding carboxylic acids is 2. The van der Waals surface area contributed by atoms with Gasteiger partial charge < -0.3 is 9.64 Å². The molecule has 5 nitrogen and oxygen atoms in total. The summed E-state index contributed by atoms with van der Waals surface area (Å²) in [6.07, 6.45) is 4.23. The number of rotatable bonds is 4. The Balaban J connectivity index is 1.98. The first-order valence-electron chi connectivity index (χ1n) is 7.60. The molecule has 1 aromatic carbocycles. The van der Waals surface area contributed by atoms with E-state index in [9.17, 15) is 14.9 Å². The van der Waals surface area contributed by atoms with Gasteiger partial charge in [-0.15, -0.1) is 0 Å². The molecule has 2 rings (SSSR count). The number of ether oxygens (including phenoxy) is 1. The van der Waals surface area contributed by atoms with Crippen molar-refractivity contribution in [3.63, 3.8) is 0 Å². The van der Waals surface area contributed by atoms with Gasteiger partial charge in [0.15, 0.2) is 6.61 Å². The van der Waals surface area contributed by atoms with E-state index < -0.39 is 18.1 Å². The van der Waals surface area contributed by atoms with Crippen LogP contribution in [0.15, 0.2) is 24.3 Å². The van der Waals surface area contributed by atoms with Gasteiger partial charge in [0.2, 0.25) is 0 Å². The van der Waals surface area contributed by atoms with Gasteiger partial charge in [0.25, 0.3) is 5.91 Å². The molecule has 1 amide bonds. The molecule has 0 spiro atoms. The predicted octanol–water partition coefficient (Wildman–Crippen LogP) is 3.18. The first-order chi connectivity index (χ1) is 11.0. The van der Waals surface area contributed by atoms with Crippen molar-refractivity contribution in [3.05, 3.63) is 34.9 Å². The van der Waals surface area contributed by atoms with Crippen LogP contribution in [0.1, 0.15) is 42.5 Å². The Hall–Kier alpha value is -2.06. The number of carbonyl (C=O) groups is 2. The maximum atomic E-state index is 12.3. The zero-order valence-electron chi connectivity index (χ0n) is 13.0. The SMILES string of the molecule is CN(C(=O)COC(=O)c1ccccc1Cl)C1(C#N)CCCCC1.